The van der Waals surface area contributed by atoms with Gasteiger partial charge in [-0.2, -0.15) is 9.97 Å². The summed E-state index contributed by atoms with van der Waals surface area (Å²) in [5, 5.41) is 6.91. The zero-order valence-corrected chi connectivity index (χ0v) is 24.9. The minimum absolute atomic E-state index is 0.00519. The van der Waals surface area contributed by atoms with Gasteiger partial charge in [-0.1, -0.05) is 11.3 Å². The van der Waals surface area contributed by atoms with Crippen LogP contribution in [0.4, 0.5) is 24.1 Å². The van der Waals surface area contributed by atoms with Crippen LogP contribution < -0.4 is 26.7 Å². The molecule has 14 heteroatoms. The standard InChI is InChI=1S/C30H33F3N8O2S/c31-15-12-30(8-1-11-40(30)13-15)14-43-29-38-23-20(26(39-29)36-16-6-9-35-10-7-16)27(42)41(17-2-3-17)24(21(23)33)18-4-5-19(32)25-22(18)37-28(34)44-25/h4-5,15-17,35H,1-3,6-14H2,(H2,34,37)(H,36,38,39)/t15-,30+/m1/s1. The molecule has 0 amide bonds. The molecule has 4 N–H and O–H groups in total. The number of hydrogen-bond acceptors (Lipinski definition) is 10. The number of halogens is 3. The maximum absolute atomic E-state index is 17.0. The van der Waals surface area contributed by atoms with Gasteiger partial charge in [-0.3, -0.25) is 9.69 Å². The summed E-state index contributed by atoms with van der Waals surface area (Å²) < 4.78 is 54.0. The van der Waals surface area contributed by atoms with E-state index in [-0.39, 0.29) is 68.0 Å². The highest BCUT2D eigenvalue weighted by atomic mass is 32.1. The zero-order chi connectivity index (χ0) is 30.2. The van der Waals surface area contributed by atoms with Crippen molar-refractivity contribution in [2.45, 2.75) is 68.7 Å². The molecule has 10 nitrogen and oxygen atoms in total. The summed E-state index contributed by atoms with van der Waals surface area (Å²) in [7, 11) is 0. The molecule has 4 aliphatic rings. The van der Waals surface area contributed by atoms with Crippen molar-refractivity contribution in [3.63, 3.8) is 0 Å². The summed E-state index contributed by atoms with van der Waals surface area (Å²) in [5.41, 5.74) is 5.33. The highest BCUT2D eigenvalue weighted by molar-refractivity contribution is 7.22. The Kier molecular flexibility index (Phi) is 6.72. The smallest absolute Gasteiger partial charge is 0.319 e. The quantitative estimate of drug-likeness (QED) is 0.274. The van der Waals surface area contributed by atoms with Gasteiger partial charge in [0.15, 0.2) is 10.9 Å². The lowest BCUT2D eigenvalue weighted by molar-refractivity contribution is 0.107. The van der Waals surface area contributed by atoms with Crippen LogP contribution in [0.5, 0.6) is 6.01 Å². The molecule has 0 spiro atoms. The van der Waals surface area contributed by atoms with E-state index in [1.807, 2.05) is 0 Å². The maximum atomic E-state index is 17.0. The van der Waals surface area contributed by atoms with Crippen molar-refractivity contribution < 1.29 is 17.9 Å². The van der Waals surface area contributed by atoms with Crippen molar-refractivity contribution in [2.75, 3.05) is 43.8 Å². The number of hydrogen-bond donors (Lipinski definition) is 3. The molecule has 1 saturated carbocycles. The number of aromatic nitrogens is 4. The SMILES string of the molecule is Nc1nc2c(-c3c(F)c4nc(OC[C@@]56CCCN5C[C@H](F)C6)nc(NC5CCNCC5)c4c(=O)n3C3CC3)ccc(F)c2s1. The van der Waals surface area contributed by atoms with Crippen molar-refractivity contribution in [3.05, 3.63) is 34.1 Å². The topological polar surface area (TPSA) is 123 Å². The van der Waals surface area contributed by atoms with E-state index in [0.717, 1.165) is 56.7 Å². The van der Waals surface area contributed by atoms with Crippen LogP contribution in [0.15, 0.2) is 16.9 Å². The number of ether oxygens (including phenoxy) is 1. The van der Waals surface area contributed by atoms with Gasteiger partial charge < -0.3 is 25.7 Å². The minimum Gasteiger partial charge on any atom is -0.461 e. The van der Waals surface area contributed by atoms with Crippen molar-refractivity contribution in [1.29, 1.82) is 0 Å². The third kappa shape index (κ3) is 4.60. The summed E-state index contributed by atoms with van der Waals surface area (Å²) in [6.45, 7) is 2.94. The Morgan fingerprint density at radius 1 is 1.14 bits per heavy atom. The number of pyridine rings is 1. The van der Waals surface area contributed by atoms with Crippen LogP contribution in [-0.2, 0) is 0 Å². The lowest BCUT2D eigenvalue weighted by Crippen LogP contribution is -2.43. The first kappa shape index (κ1) is 28.0. The van der Waals surface area contributed by atoms with Crippen LogP contribution >= 0.6 is 11.3 Å². The number of rotatable bonds is 7. The third-order valence-corrected chi connectivity index (χ3v) is 10.5. The zero-order valence-electron chi connectivity index (χ0n) is 24.0. The Morgan fingerprint density at radius 3 is 2.75 bits per heavy atom. The summed E-state index contributed by atoms with van der Waals surface area (Å²) in [5.74, 6) is -1.04. The number of anilines is 2. The summed E-state index contributed by atoms with van der Waals surface area (Å²) >= 11 is 0.972. The van der Waals surface area contributed by atoms with Crippen molar-refractivity contribution >= 4 is 43.4 Å². The number of nitrogens with zero attached hydrogens (tertiary/aromatic N) is 5. The molecule has 44 heavy (non-hydrogen) atoms. The van der Waals surface area contributed by atoms with Crippen LogP contribution in [0.25, 0.3) is 32.4 Å². The summed E-state index contributed by atoms with van der Waals surface area (Å²) in [4.78, 5) is 29.9. The molecule has 8 rings (SSSR count). The Bertz CT molecular complexity index is 1840. The average molecular weight is 627 g/mol. The first-order chi connectivity index (χ1) is 21.3. The number of nitrogens with one attached hydrogen (secondary N) is 2. The van der Waals surface area contributed by atoms with E-state index in [1.54, 1.807) is 0 Å². The second-order valence-corrected chi connectivity index (χ2v) is 13.5. The number of alkyl halides is 1. The molecule has 0 unspecified atom stereocenters. The van der Waals surface area contributed by atoms with Crippen LogP contribution in [0.3, 0.4) is 0 Å². The lowest BCUT2D eigenvalue weighted by Gasteiger charge is -2.31. The first-order valence-electron chi connectivity index (χ1n) is 15.3. The minimum atomic E-state index is -0.929. The molecule has 6 heterocycles. The normalized spacial score (nSPS) is 24.4. The van der Waals surface area contributed by atoms with Gasteiger partial charge in [0.2, 0.25) is 0 Å². The maximum Gasteiger partial charge on any atom is 0.319 e. The van der Waals surface area contributed by atoms with E-state index in [1.165, 1.54) is 16.7 Å². The lowest BCUT2D eigenvalue weighted by atomic mass is 9.95. The van der Waals surface area contributed by atoms with Gasteiger partial charge in [-0.25, -0.2) is 18.2 Å². The van der Waals surface area contributed by atoms with E-state index in [9.17, 15) is 13.6 Å². The number of benzene rings is 1. The molecular formula is C30H33F3N8O2S. The van der Waals surface area contributed by atoms with Crippen LogP contribution in [0.2, 0.25) is 0 Å². The Labute approximate surface area is 254 Å². The molecule has 2 atom stereocenters. The highest BCUT2D eigenvalue weighted by Gasteiger charge is 2.49. The van der Waals surface area contributed by atoms with Crippen molar-refractivity contribution in [1.82, 2.24) is 29.7 Å². The Balaban J connectivity index is 1.31. The number of fused-ring (bicyclic) bond motifs is 3. The van der Waals surface area contributed by atoms with E-state index in [4.69, 9.17) is 10.5 Å². The molecule has 1 aromatic carbocycles. The van der Waals surface area contributed by atoms with Crippen LogP contribution in [-0.4, -0.2) is 75.0 Å². The van der Waals surface area contributed by atoms with Crippen molar-refractivity contribution in [2.24, 2.45) is 0 Å². The fraction of sp³-hybridized carbons (Fsp3) is 0.533. The van der Waals surface area contributed by atoms with Gasteiger partial charge in [0.05, 0.1) is 21.4 Å². The molecule has 4 fully saturated rings. The Hall–Kier alpha value is -3.49. The monoisotopic (exact) mass is 626 g/mol. The number of nitrogen functional groups attached to an aromatic ring is 1. The largest absolute Gasteiger partial charge is 0.461 e. The number of thiazole rings is 1. The van der Waals surface area contributed by atoms with Crippen molar-refractivity contribution in [3.8, 4) is 17.3 Å². The second kappa shape index (κ2) is 10.6. The van der Waals surface area contributed by atoms with Gasteiger partial charge in [0.1, 0.15) is 35.3 Å². The van der Waals surface area contributed by atoms with Crippen LogP contribution in [0.1, 0.15) is 51.0 Å². The van der Waals surface area contributed by atoms with Crippen LogP contribution in [0, 0.1) is 11.6 Å². The highest BCUT2D eigenvalue weighted by Crippen LogP contribution is 2.44. The third-order valence-electron chi connectivity index (χ3n) is 9.57. The predicted molar refractivity (Wildman–Crippen MR) is 163 cm³/mol. The van der Waals surface area contributed by atoms with E-state index in [2.05, 4.69) is 30.5 Å². The van der Waals surface area contributed by atoms with E-state index < -0.39 is 28.9 Å². The van der Waals surface area contributed by atoms with Gasteiger partial charge in [-0.15, -0.1) is 0 Å². The van der Waals surface area contributed by atoms with Gasteiger partial charge in [-0.05, 0) is 70.3 Å². The average Bonchev–Trinajstić information content (AvgIpc) is 3.53. The molecule has 3 saturated heterocycles. The fourth-order valence-corrected chi connectivity index (χ4v) is 8.09. The summed E-state index contributed by atoms with van der Waals surface area (Å²) in [6, 6.07) is 2.39. The first-order valence-corrected chi connectivity index (χ1v) is 16.1. The fourth-order valence-electron chi connectivity index (χ4n) is 7.33. The van der Waals surface area contributed by atoms with E-state index in [0.29, 0.717) is 25.8 Å². The second-order valence-electron chi connectivity index (χ2n) is 12.5. The number of nitrogens with two attached hydrogens (primary N) is 1. The molecule has 3 aliphatic heterocycles. The Morgan fingerprint density at radius 2 is 1.95 bits per heavy atom. The molecule has 1 aliphatic carbocycles. The molecule has 0 radical (unpaired) electrons. The molecule has 0 bridgehead atoms. The molecule has 4 aromatic rings. The molecular weight excluding hydrogens is 593 g/mol. The number of piperidine rings is 1. The summed E-state index contributed by atoms with van der Waals surface area (Å²) in [6.07, 6.45) is 4.18. The van der Waals surface area contributed by atoms with E-state index >= 15 is 4.39 Å². The van der Waals surface area contributed by atoms with Gasteiger partial charge in [0, 0.05) is 30.6 Å². The predicted octanol–water partition coefficient (Wildman–Crippen LogP) is 4.38. The molecule has 3 aromatic heterocycles. The van der Waals surface area contributed by atoms with Gasteiger partial charge in [0.25, 0.3) is 5.56 Å². The van der Waals surface area contributed by atoms with Gasteiger partial charge >= 0.3 is 6.01 Å². The molecule has 232 valence electrons.